The molecule has 0 heterocycles. The summed E-state index contributed by atoms with van der Waals surface area (Å²) < 4.78 is 37.0. The van der Waals surface area contributed by atoms with Gasteiger partial charge in [0.15, 0.2) is 0 Å². The van der Waals surface area contributed by atoms with Crippen LogP contribution in [0.4, 0.5) is 5.69 Å². The largest absolute Gasteiger partial charge is 0.497 e. The monoisotopic (exact) mass is 477 g/mol. The minimum atomic E-state index is -3.83. The first kappa shape index (κ1) is 26.0. The SMILES string of the molecule is CCOc1ccccc1N(CC(=O)N(Cc1ccc(OC)cc1)[C@@H](C)C(=O)NC)S(C)(=O)=O. The Morgan fingerprint density at radius 2 is 1.73 bits per heavy atom. The van der Waals surface area contributed by atoms with E-state index in [0.717, 1.165) is 16.1 Å². The van der Waals surface area contributed by atoms with Gasteiger partial charge in [-0.25, -0.2) is 8.42 Å². The Morgan fingerprint density at radius 3 is 2.27 bits per heavy atom. The van der Waals surface area contributed by atoms with Crippen LogP contribution < -0.4 is 19.1 Å². The van der Waals surface area contributed by atoms with Crippen LogP contribution >= 0.6 is 0 Å². The second-order valence-electron chi connectivity index (χ2n) is 7.33. The van der Waals surface area contributed by atoms with E-state index in [1.807, 2.05) is 0 Å². The third-order valence-electron chi connectivity index (χ3n) is 5.04. The molecular weight excluding hydrogens is 446 g/mol. The fourth-order valence-corrected chi connectivity index (χ4v) is 4.11. The summed E-state index contributed by atoms with van der Waals surface area (Å²) in [5.41, 5.74) is 1.02. The maximum Gasteiger partial charge on any atom is 0.244 e. The van der Waals surface area contributed by atoms with Crippen molar-refractivity contribution >= 4 is 27.5 Å². The number of carbonyl (C=O) groups is 2. The van der Waals surface area contributed by atoms with Crippen LogP contribution in [0.2, 0.25) is 0 Å². The number of likely N-dealkylation sites (N-methyl/N-ethyl adjacent to an activating group) is 1. The fourth-order valence-electron chi connectivity index (χ4n) is 3.25. The highest BCUT2D eigenvalue weighted by Crippen LogP contribution is 2.30. The summed E-state index contributed by atoms with van der Waals surface area (Å²) in [6.45, 7) is 3.34. The number of methoxy groups -OCH3 is 1. The zero-order valence-electron chi connectivity index (χ0n) is 19.6. The number of nitrogens with zero attached hydrogens (tertiary/aromatic N) is 2. The molecule has 0 radical (unpaired) electrons. The summed E-state index contributed by atoms with van der Waals surface area (Å²) in [6.07, 6.45) is 1.03. The summed E-state index contributed by atoms with van der Waals surface area (Å²) in [6, 6.07) is 12.9. The van der Waals surface area contributed by atoms with Gasteiger partial charge in [-0.2, -0.15) is 0 Å². The van der Waals surface area contributed by atoms with Crippen molar-refractivity contribution in [1.82, 2.24) is 10.2 Å². The quantitative estimate of drug-likeness (QED) is 0.531. The Hall–Kier alpha value is -3.27. The van der Waals surface area contributed by atoms with Gasteiger partial charge in [0.25, 0.3) is 0 Å². The highest BCUT2D eigenvalue weighted by Gasteiger charge is 2.30. The van der Waals surface area contributed by atoms with Crippen LogP contribution in [0.1, 0.15) is 19.4 Å². The molecule has 180 valence electrons. The van der Waals surface area contributed by atoms with Crippen LogP contribution in [0.25, 0.3) is 0 Å². The predicted octanol–water partition coefficient (Wildman–Crippen LogP) is 2.02. The predicted molar refractivity (Wildman–Crippen MR) is 127 cm³/mol. The normalized spacial score (nSPS) is 11.9. The second kappa shape index (κ2) is 11.6. The van der Waals surface area contributed by atoms with Crippen LogP contribution in [0.15, 0.2) is 48.5 Å². The number of sulfonamides is 1. The molecule has 0 spiro atoms. The van der Waals surface area contributed by atoms with E-state index in [1.165, 1.54) is 11.9 Å². The molecule has 1 N–H and O–H groups in total. The highest BCUT2D eigenvalue weighted by molar-refractivity contribution is 7.92. The molecular formula is C23H31N3O6S. The van der Waals surface area contributed by atoms with Crippen molar-refractivity contribution in [2.45, 2.75) is 26.4 Å². The lowest BCUT2D eigenvalue weighted by molar-refractivity contribution is -0.139. The van der Waals surface area contributed by atoms with Gasteiger partial charge in [-0.1, -0.05) is 24.3 Å². The average Bonchev–Trinajstić information content (AvgIpc) is 2.80. The van der Waals surface area contributed by atoms with Crippen LogP contribution in [-0.2, 0) is 26.2 Å². The number of rotatable bonds is 11. The number of ether oxygens (including phenoxy) is 2. The Kier molecular flexibility index (Phi) is 9.10. The van der Waals surface area contributed by atoms with Gasteiger partial charge in [0.2, 0.25) is 21.8 Å². The molecule has 9 nitrogen and oxygen atoms in total. The van der Waals surface area contributed by atoms with Crippen molar-refractivity contribution in [3.05, 3.63) is 54.1 Å². The van der Waals surface area contributed by atoms with E-state index in [2.05, 4.69) is 5.32 Å². The van der Waals surface area contributed by atoms with Crippen molar-refractivity contribution < 1.29 is 27.5 Å². The third kappa shape index (κ3) is 6.85. The molecule has 0 saturated carbocycles. The average molecular weight is 478 g/mol. The first-order valence-electron chi connectivity index (χ1n) is 10.5. The number of amides is 2. The summed E-state index contributed by atoms with van der Waals surface area (Å²) in [7, 11) is -0.796. The van der Waals surface area contributed by atoms with E-state index < -0.39 is 28.5 Å². The number of benzene rings is 2. The van der Waals surface area contributed by atoms with Gasteiger partial charge in [-0.3, -0.25) is 13.9 Å². The molecule has 1 atom stereocenters. The van der Waals surface area contributed by atoms with Gasteiger partial charge in [-0.15, -0.1) is 0 Å². The fraction of sp³-hybridized carbons (Fsp3) is 0.391. The minimum absolute atomic E-state index is 0.113. The Bertz CT molecular complexity index is 1060. The van der Waals surface area contributed by atoms with E-state index in [-0.39, 0.29) is 18.1 Å². The summed E-state index contributed by atoms with van der Waals surface area (Å²) in [4.78, 5) is 27.1. The Labute approximate surface area is 195 Å². The van der Waals surface area contributed by atoms with Crippen molar-refractivity contribution in [2.24, 2.45) is 0 Å². The van der Waals surface area contributed by atoms with Crippen LogP contribution in [-0.4, -0.2) is 64.7 Å². The molecule has 0 unspecified atom stereocenters. The lowest BCUT2D eigenvalue weighted by Crippen LogP contribution is -2.50. The lowest BCUT2D eigenvalue weighted by Gasteiger charge is -2.31. The molecule has 0 aromatic heterocycles. The number of para-hydroxylation sites is 2. The van der Waals surface area contributed by atoms with Crippen LogP contribution in [0.5, 0.6) is 11.5 Å². The maximum atomic E-state index is 13.4. The van der Waals surface area contributed by atoms with E-state index >= 15 is 0 Å². The van der Waals surface area contributed by atoms with Crippen molar-refractivity contribution in [3.63, 3.8) is 0 Å². The molecule has 2 amide bonds. The van der Waals surface area contributed by atoms with E-state index in [0.29, 0.717) is 18.1 Å². The van der Waals surface area contributed by atoms with Gasteiger partial charge in [0, 0.05) is 13.6 Å². The van der Waals surface area contributed by atoms with E-state index in [4.69, 9.17) is 9.47 Å². The summed E-state index contributed by atoms with van der Waals surface area (Å²) >= 11 is 0. The molecule has 0 saturated heterocycles. The molecule has 0 aliphatic carbocycles. The van der Waals surface area contributed by atoms with Crippen LogP contribution in [0.3, 0.4) is 0 Å². The summed E-state index contributed by atoms with van der Waals surface area (Å²) in [5.74, 6) is 0.113. The van der Waals surface area contributed by atoms with Gasteiger partial charge in [0.1, 0.15) is 24.1 Å². The Morgan fingerprint density at radius 1 is 1.09 bits per heavy atom. The highest BCUT2D eigenvalue weighted by atomic mass is 32.2. The topological polar surface area (TPSA) is 105 Å². The van der Waals surface area contributed by atoms with Crippen molar-refractivity contribution in [2.75, 3.05) is 37.9 Å². The lowest BCUT2D eigenvalue weighted by atomic mass is 10.1. The van der Waals surface area contributed by atoms with Gasteiger partial charge in [0.05, 0.1) is 25.7 Å². The van der Waals surface area contributed by atoms with Crippen molar-refractivity contribution in [3.8, 4) is 11.5 Å². The van der Waals surface area contributed by atoms with Crippen LogP contribution in [0, 0.1) is 0 Å². The van der Waals surface area contributed by atoms with E-state index in [1.54, 1.807) is 69.5 Å². The number of hydrogen-bond acceptors (Lipinski definition) is 6. The molecule has 0 fully saturated rings. The van der Waals surface area contributed by atoms with Gasteiger partial charge >= 0.3 is 0 Å². The molecule has 10 heteroatoms. The Balaban J connectivity index is 2.41. The second-order valence-corrected chi connectivity index (χ2v) is 9.24. The standard InChI is InChI=1S/C23H31N3O6S/c1-6-32-21-10-8-7-9-20(21)26(33(5,29)30)16-22(27)25(17(2)23(28)24-3)15-18-11-13-19(31-4)14-12-18/h7-14,17H,6,15-16H2,1-5H3,(H,24,28)/t17-/m0/s1. The number of carbonyl (C=O) groups excluding carboxylic acids is 2. The molecule has 2 aromatic rings. The molecule has 0 aliphatic rings. The minimum Gasteiger partial charge on any atom is -0.497 e. The number of hydrogen-bond donors (Lipinski definition) is 1. The number of anilines is 1. The third-order valence-corrected chi connectivity index (χ3v) is 6.17. The molecule has 2 aromatic carbocycles. The zero-order chi connectivity index (χ0) is 24.6. The van der Waals surface area contributed by atoms with Gasteiger partial charge < -0.3 is 19.7 Å². The smallest absolute Gasteiger partial charge is 0.244 e. The number of nitrogens with one attached hydrogen (secondary N) is 1. The molecule has 33 heavy (non-hydrogen) atoms. The first-order valence-corrected chi connectivity index (χ1v) is 12.3. The van der Waals surface area contributed by atoms with Crippen molar-refractivity contribution in [1.29, 1.82) is 0 Å². The van der Waals surface area contributed by atoms with E-state index in [9.17, 15) is 18.0 Å². The summed E-state index contributed by atoms with van der Waals surface area (Å²) in [5, 5.41) is 2.54. The molecule has 0 bridgehead atoms. The maximum absolute atomic E-state index is 13.4. The van der Waals surface area contributed by atoms with Gasteiger partial charge in [-0.05, 0) is 43.7 Å². The first-order chi connectivity index (χ1) is 15.6. The molecule has 0 aliphatic heterocycles. The molecule has 2 rings (SSSR count). The zero-order valence-corrected chi connectivity index (χ0v) is 20.4.